The predicted octanol–water partition coefficient (Wildman–Crippen LogP) is 4.19. The normalized spacial score (nSPS) is 14.4. The van der Waals surface area contributed by atoms with Crippen LogP contribution in [0.25, 0.3) is 15.9 Å². The molecule has 6 heteroatoms. The third-order valence-corrected chi connectivity index (χ3v) is 6.79. The molecule has 3 aromatic rings. The fourth-order valence-electron chi connectivity index (χ4n) is 3.16. The van der Waals surface area contributed by atoms with Crippen LogP contribution in [0.5, 0.6) is 0 Å². The number of hydrogen-bond donors (Lipinski definition) is 0. The molecule has 0 saturated heterocycles. The minimum Gasteiger partial charge on any atom is -0.268 e. The monoisotopic (exact) mass is 367 g/mol. The quantitative estimate of drug-likeness (QED) is 0.512. The topological polar surface area (TPSA) is 58.7 Å². The van der Waals surface area contributed by atoms with Crippen molar-refractivity contribution in [1.29, 1.82) is 5.26 Å². The Balaban J connectivity index is 1.93. The third-order valence-electron chi connectivity index (χ3n) is 4.41. The zero-order valence-corrected chi connectivity index (χ0v) is 15.5. The Morgan fingerprint density at radius 1 is 1.36 bits per heavy atom. The maximum absolute atomic E-state index is 13.3. The van der Waals surface area contributed by atoms with Gasteiger partial charge < -0.3 is 0 Å². The average Bonchev–Trinajstić information content (AvgIpc) is 3.21. The summed E-state index contributed by atoms with van der Waals surface area (Å²) in [7, 11) is 0. The Morgan fingerprint density at radius 3 is 2.92 bits per heavy atom. The van der Waals surface area contributed by atoms with Crippen LogP contribution in [0, 0.1) is 17.2 Å². The van der Waals surface area contributed by atoms with Crippen molar-refractivity contribution in [2.75, 3.05) is 5.75 Å². The van der Waals surface area contributed by atoms with Gasteiger partial charge in [-0.3, -0.25) is 9.36 Å². The van der Waals surface area contributed by atoms with E-state index < -0.39 is 0 Å². The first-order chi connectivity index (χ1) is 12.2. The molecule has 1 aromatic carbocycles. The molecule has 1 aliphatic carbocycles. The van der Waals surface area contributed by atoms with Crippen LogP contribution >= 0.6 is 23.1 Å². The lowest BCUT2D eigenvalue weighted by Crippen LogP contribution is -2.22. The molecule has 0 unspecified atom stereocenters. The summed E-state index contributed by atoms with van der Waals surface area (Å²) in [5.74, 6) is 0.530. The Bertz CT molecular complexity index is 1030. The number of benzene rings is 1. The predicted molar refractivity (Wildman–Crippen MR) is 103 cm³/mol. The number of fused-ring (bicyclic) bond motifs is 3. The summed E-state index contributed by atoms with van der Waals surface area (Å²) in [6.45, 7) is 1.89. The van der Waals surface area contributed by atoms with Gasteiger partial charge >= 0.3 is 0 Å². The van der Waals surface area contributed by atoms with Crippen LogP contribution in [0.4, 0.5) is 0 Å². The molecule has 4 nitrogen and oxygen atoms in total. The first kappa shape index (κ1) is 16.4. The average molecular weight is 367 g/mol. The van der Waals surface area contributed by atoms with E-state index in [9.17, 15) is 4.79 Å². The number of hydrogen-bond acceptors (Lipinski definition) is 5. The third kappa shape index (κ3) is 2.88. The molecular formula is C19H17N3OS2. The smallest absolute Gasteiger partial charge is 0.267 e. The minimum atomic E-state index is -0.0878. The number of thioether (sulfide) groups is 1. The van der Waals surface area contributed by atoms with Crippen LogP contribution in [0.2, 0.25) is 0 Å². The van der Waals surface area contributed by atoms with E-state index in [1.54, 1.807) is 15.9 Å². The van der Waals surface area contributed by atoms with Crippen molar-refractivity contribution in [3.63, 3.8) is 0 Å². The molecule has 1 atom stereocenters. The van der Waals surface area contributed by atoms with Gasteiger partial charge in [0.15, 0.2) is 5.16 Å². The summed E-state index contributed by atoms with van der Waals surface area (Å²) in [6.07, 6.45) is 3.14. The van der Waals surface area contributed by atoms with Crippen molar-refractivity contribution < 1.29 is 0 Å². The molecule has 0 amide bonds. The van der Waals surface area contributed by atoms with Crippen LogP contribution in [-0.4, -0.2) is 15.3 Å². The summed E-state index contributed by atoms with van der Waals surface area (Å²) in [5.41, 5.74) is 2.04. The minimum absolute atomic E-state index is 0.0164. The van der Waals surface area contributed by atoms with E-state index in [4.69, 9.17) is 10.2 Å². The lowest BCUT2D eigenvalue weighted by molar-refractivity contribution is 0.808. The fourth-order valence-corrected chi connectivity index (χ4v) is 5.42. The lowest BCUT2D eigenvalue weighted by Gasteiger charge is -2.12. The number of aryl methyl sites for hydroxylation is 2. The summed E-state index contributed by atoms with van der Waals surface area (Å²) >= 11 is 3.14. The van der Waals surface area contributed by atoms with Gasteiger partial charge in [-0.1, -0.05) is 30.0 Å². The largest absolute Gasteiger partial charge is 0.268 e. The van der Waals surface area contributed by atoms with Crippen molar-refractivity contribution in [3.8, 4) is 11.8 Å². The molecule has 4 rings (SSSR count). The van der Waals surface area contributed by atoms with E-state index in [1.165, 1.54) is 22.2 Å². The molecule has 0 fully saturated rings. The summed E-state index contributed by atoms with van der Waals surface area (Å²) in [4.78, 5) is 20.3. The van der Waals surface area contributed by atoms with Gasteiger partial charge in [0, 0.05) is 10.6 Å². The summed E-state index contributed by atoms with van der Waals surface area (Å²) in [5, 5.41) is 10.5. The van der Waals surface area contributed by atoms with Gasteiger partial charge in [0.1, 0.15) is 4.83 Å². The van der Waals surface area contributed by atoms with Crippen LogP contribution < -0.4 is 5.56 Å². The van der Waals surface area contributed by atoms with Crippen molar-refractivity contribution in [2.24, 2.45) is 5.92 Å². The van der Waals surface area contributed by atoms with E-state index >= 15 is 0 Å². The van der Waals surface area contributed by atoms with E-state index in [-0.39, 0.29) is 11.5 Å². The highest BCUT2D eigenvalue weighted by atomic mass is 32.2. The van der Waals surface area contributed by atoms with Gasteiger partial charge in [-0.05, 0) is 43.9 Å². The van der Waals surface area contributed by atoms with E-state index in [2.05, 4.69) is 6.07 Å². The molecule has 2 heterocycles. The number of para-hydroxylation sites is 1. The standard InChI is InChI=1S/C19H17N3OS2/c1-12(10-20)11-24-19-21-17-16(14-8-5-9-15(14)25-17)18(23)22(19)13-6-3-2-4-7-13/h2-4,6-7,12H,5,8-9,11H2,1H3/t12-/m1/s1. The molecular weight excluding hydrogens is 350 g/mol. The summed E-state index contributed by atoms with van der Waals surface area (Å²) < 4.78 is 1.71. The second-order valence-electron chi connectivity index (χ2n) is 6.25. The molecule has 126 valence electrons. The molecule has 1 aliphatic rings. The lowest BCUT2D eigenvalue weighted by atomic mass is 10.2. The zero-order valence-electron chi connectivity index (χ0n) is 13.9. The molecule has 0 bridgehead atoms. The number of rotatable bonds is 4. The highest BCUT2D eigenvalue weighted by Crippen LogP contribution is 2.36. The zero-order chi connectivity index (χ0) is 17.4. The van der Waals surface area contributed by atoms with Crippen molar-refractivity contribution in [3.05, 3.63) is 51.1 Å². The molecule has 0 N–H and O–H groups in total. The Morgan fingerprint density at radius 2 is 2.16 bits per heavy atom. The van der Waals surface area contributed by atoms with Crippen LogP contribution in [0.3, 0.4) is 0 Å². The molecule has 2 aromatic heterocycles. The SMILES string of the molecule is C[C@H](C#N)CSc1nc2sc3c(c2c(=O)n1-c1ccccc1)CCC3. The summed E-state index contributed by atoms with van der Waals surface area (Å²) in [6, 6.07) is 11.9. The molecule has 0 aliphatic heterocycles. The van der Waals surface area contributed by atoms with Gasteiger partial charge in [0.05, 0.1) is 23.1 Å². The number of thiophene rings is 1. The Hall–Kier alpha value is -2.10. The van der Waals surface area contributed by atoms with Crippen LogP contribution in [-0.2, 0) is 12.8 Å². The van der Waals surface area contributed by atoms with Crippen molar-refractivity contribution in [1.82, 2.24) is 9.55 Å². The highest BCUT2D eigenvalue weighted by molar-refractivity contribution is 7.99. The van der Waals surface area contributed by atoms with Crippen LogP contribution in [0.15, 0.2) is 40.3 Å². The van der Waals surface area contributed by atoms with E-state index in [1.807, 2.05) is 37.3 Å². The fraction of sp³-hybridized carbons (Fsp3) is 0.316. The van der Waals surface area contributed by atoms with E-state index in [0.717, 1.165) is 35.2 Å². The van der Waals surface area contributed by atoms with Crippen LogP contribution in [0.1, 0.15) is 23.8 Å². The Kier molecular flexibility index (Phi) is 4.36. The second-order valence-corrected chi connectivity index (χ2v) is 8.32. The number of nitriles is 1. The number of aromatic nitrogens is 2. The second kappa shape index (κ2) is 6.66. The maximum Gasteiger partial charge on any atom is 0.267 e. The van der Waals surface area contributed by atoms with Gasteiger partial charge in [-0.25, -0.2) is 4.98 Å². The van der Waals surface area contributed by atoms with Crippen molar-refractivity contribution in [2.45, 2.75) is 31.3 Å². The maximum atomic E-state index is 13.3. The molecule has 0 radical (unpaired) electrons. The first-order valence-corrected chi connectivity index (χ1v) is 10.1. The van der Waals surface area contributed by atoms with Crippen molar-refractivity contribution >= 4 is 33.3 Å². The van der Waals surface area contributed by atoms with Gasteiger partial charge in [0.25, 0.3) is 5.56 Å². The first-order valence-electron chi connectivity index (χ1n) is 8.34. The molecule has 0 saturated carbocycles. The highest BCUT2D eigenvalue weighted by Gasteiger charge is 2.24. The van der Waals surface area contributed by atoms with Gasteiger partial charge in [0.2, 0.25) is 0 Å². The molecule has 0 spiro atoms. The Labute approximate surface area is 154 Å². The number of nitrogens with zero attached hydrogens (tertiary/aromatic N) is 3. The van der Waals surface area contributed by atoms with E-state index in [0.29, 0.717) is 10.9 Å². The van der Waals surface area contributed by atoms with Gasteiger partial charge in [-0.15, -0.1) is 11.3 Å². The molecule has 25 heavy (non-hydrogen) atoms. The van der Waals surface area contributed by atoms with Gasteiger partial charge in [-0.2, -0.15) is 5.26 Å².